The monoisotopic (exact) mass is 662 g/mol. The summed E-state index contributed by atoms with van der Waals surface area (Å²) in [5, 5.41) is 3.43. The third-order valence-electron chi connectivity index (χ3n) is 6.86. The van der Waals surface area contributed by atoms with Crippen molar-refractivity contribution in [1.29, 1.82) is 0 Å². The Hall–Kier alpha value is -3.25. The molecule has 1 saturated carbocycles. The van der Waals surface area contributed by atoms with Gasteiger partial charge in [0.05, 0.1) is 33.5 Å². The Labute approximate surface area is 249 Å². The number of amides is 1. The summed E-state index contributed by atoms with van der Waals surface area (Å²) in [6.45, 7) is -0.101. The Bertz CT molecular complexity index is 1790. The molecule has 1 fully saturated rings. The summed E-state index contributed by atoms with van der Waals surface area (Å²) in [6.07, 6.45) is 1.80. The third-order valence-corrected chi connectivity index (χ3v) is 9.52. The van der Waals surface area contributed by atoms with E-state index in [0.717, 1.165) is 18.4 Å². The molecule has 0 bridgehead atoms. The Morgan fingerprint density at radius 2 is 1.85 bits per heavy atom. The van der Waals surface area contributed by atoms with E-state index < -0.39 is 21.8 Å². The van der Waals surface area contributed by atoms with Gasteiger partial charge in [-0.15, -0.1) is 0 Å². The number of benzene rings is 3. The highest BCUT2D eigenvalue weighted by Crippen LogP contribution is 2.45. The lowest BCUT2D eigenvalue weighted by molar-refractivity contribution is 0.0599. The molecule has 0 unspecified atom stereocenters. The predicted molar refractivity (Wildman–Crippen MR) is 157 cm³/mol. The van der Waals surface area contributed by atoms with Crippen LogP contribution in [0.3, 0.4) is 0 Å². The number of carbonyl (C=O) groups is 2. The van der Waals surface area contributed by atoms with Crippen LogP contribution in [0.5, 0.6) is 0 Å². The van der Waals surface area contributed by atoms with E-state index in [1.807, 2.05) is 6.07 Å². The fraction of sp³-hybridized carbons (Fsp3) is 0.241. The van der Waals surface area contributed by atoms with Gasteiger partial charge in [-0.05, 0) is 99.9 Å². The zero-order valence-electron chi connectivity index (χ0n) is 22.0. The van der Waals surface area contributed by atoms with Gasteiger partial charge in [0.25, 0.3) is 5.91 Å². The second-order valence-electron chi connectivity index (χ2n) is 9.72. The lowest BCUT2D eigenvalue weighted by Gasteiger charge is -2.13. The van der Waals surface area contributed by atoms with Crippen LogP contribution in [0.2, 0.25) is 5.02 Å². The van der Waals surface area contributed by atoms with Crippen LogP contribution >= 0.6 is 27.5 Å². The van der Waals surface area contributed by atoms with Crippen molar-refractivity contribution < 1.29 is 31.6 Å². The molecule has 214 valence electrons. The van der Waals surface area contributed by atoms with Crippen molar-refractivity contribution in [2.75, 3.05) is 14.2 Å². The van der Waals surface area contributed by atoms with Gasteiger partial charge in [0.1, 0.15) is 17.2 Å². The number of fused-ring (bicyclic) bond motifs is 1. The number of hydrogen-bond acceptors (Lipinski definition) is 6. The maximum Gasteiger partial charge on any atom is 0.339 e. The van der Waals surface area contributed by atoms with Crippen LogP contribution in [-0.4, -0.2) is 34.5 Å². The molecule has 4 aromatic rings. The van der Waals surface area contributed by atoms with Gasteiger partial charge in [0.15, 0.2) is 0 Å². The Kier molecular flexibility index (Phi) is 8.24. The molecule has 0 atom stereocenters. The van der Waals surface area contributed by atoms with E-state index in [1.165, 1.54) is 44.5 Å². The molecule has 41 heavy (non-hydrogen) atoms. The molecule has 1 aliphatic rings. The molecule has 1 aromatic heterocycles. The Balaban J connectivity index is 1.49. The number of esters is 1. The van der Waals surface area contributed by atoms with Crippen molar-refractivity contribution in [3.05, 3.63) is 91.7 Å². The van der Waals surface area contributed by atoms with Gasteiger partial charge < -0.3 is 14.5 Å². The average Bonchev–Trinajstić information content (AvgIpc) is 3.73. The number of carbonyl (C=O) groups excluding carboxylic acids is 2. The minimum atomic E-state index is -3.86. The van der Waals surface area contributed by atoms with E-state index in [4.69, 9.17) is 20.8 Å². The first-order valence-electron chi connectivity index (χ1n) is 12.6. The highest BCUT2D eigenvalue weighted by Gasteiger charge is 2.31. The van der Waals surface area contributed by atoms with Crippen molar-refractivity contribution in [3.63, 3.8) is 0 Å². The molecule has 0 aliphatic heterocycles. The van der Waals surface area contributed by atoms with Crippen LogP contribution in [0.25, 0.3) is 22.3 Å². The zero-order valence-corrected chi connectivity index (χ0v) is 25.2. The van der Waals surface area contributed by atoms with Crippen LogP contribution in [0.15, 0.2) is 57.4 Å². The lowest BCUT2D eigenvalue weighted by atomic mass is 9.98. The molecule has 1 amide bonds. The summed E-state index contributed by atoms with van der Waals surface area (Å²) in [5.41, 5.74) is 3.21. The first kappa shape index (κ1) is 29.2. The molecule has 5 rings (SSSR count). The molecule has 2 N–H and O–H groups in total. The number of halogens is 3. The van der Waals surface area contributed by atoms with E-state index in [0.29, 0.717) is 37.7 Å². The summed E-state index contributed by atoms with van der Waals surface area (Å²) in [7, 11) is -1.10. The van der Waals surface area contributed by atoms with Crippen molar-refractivity contribution in [2.45, 2.75) is 31.1 Å². The minimum Gasteiger partial charge on any atom is -0.465 e. The third kappa shape index (κ3) is 6.18. The molecule has 12 heteroatoms. The molecular weight excluding hydrogens is 639 g/mol. The molecule has 0 radical (unpaired) electrons. The number of ether oxygens (including phenoxy) is 1. The summed E-state index contributed by atoms with van der Waals surface area (Å²) in [5.74, 6) is -1.29. The van der Waals surface area contributed by atoms with Crippen molar-refractivity contribution in [1.82, 2.24) is 10.0 Å². The largest absolute Gasteiger partial charge is 0.465 e. The predicted octanol–water partition coefficient (Wildman–Crippen LogP) is 6.30. The van der Waals surface area contributed by atoms with Gasteiger partial charge >= 0.3 is 5.97 Å². The average molecular weight is 664 g/mol. The van der Waals surface area contributed by atoms with Crippen molar-refractivity contribution >= 4 is 60.4 Å². The van der Waals surface area contributed by atoms with Crippen LogP contribution in [-0.2, 0) is 27.1 Å². The standard InChI is InChI=1S/C29H25BrClFN2O6S/c1-33-28(35)25-21-12-20(16-3-4-16)18(11-24(21)40-27(25)17-5-7-19(32)8-6-17)14-41(37,38)34-13-15-9-22(29(36)39-2)26(30)23(31)10-15/h5-12,16,34H,3-4,13-14H2,1-2H3,(H,33,35). The summed E-state index contributed by atoms with van der Waals surface area (Å²) >= 11 is 9.48. The number of rotatable bonds is 9. The lowest BCUT2D eigenvalue weighted by Crippen LogP contribution is -2.25. The van der Waals surface area contributed by atoms with Crippen LogP contribution in [0, 0.1) is 5.82 Å². The highest BCUT2D eigenvalue weighted by atomic mass is 79.9. The summed E-state index contributed by atoms with van der Waals surface area (Å²) in [6, 6.07) is 12.2. The number of nitrogens with one attached hydrogen (secondary N) is 2. The molecule has 1 aliphatic carbocycles. The number of hydrogen-bond donors (Lipinski definition) is 2. The molecule has 1 heterocycles. The number of sulfonamides is 1. The Morgan fingerprint density at radius 1 is 1.15 bits per heavy atom. The van der Waals surface area contributed by atoms with Crippen molar-refractivity contribution in [2.24, 2.45) is 0 Å². The molecule has 0 saturated heterocycles. The van der Waals surface area contributed by atoms with E-state index in [2.05, 4.69) is 26.0 Å². The van der Waals surface area contributed by atoms with Crippen molar-refractivity contribution in [3.8, 4) is 11.3 Å². The van der Waals surface area contributed by atoms with Crippen LogP contribution < -0.4 is 10.0 Å². The van der Waals surface area contributed by atoms with Gasteiger partial charge in [0, 0.05) is 24.5 Å². The van der Waals surface area contributed by atoms with E-state index >= 15 is 0 Å². The quantitative estimate of drug-likeness (QED) is 0.203. The maximum atomic E-state index is 13.6. The van der Waals surface area contributed by atoms with Crippen LogP contribution in [0.1, 0.15) is 56.2 Å². The fourth-order valence-electron chi connectivity index (χ4n) is 4.71. The first-order chi connectivity index (χ1) is 19.5. The SMILES string of the molecule is CNC(=O)c1c(-c2ccc(F)cc2)oc2cc(CS(=O)(=O)NCc3cc(Cl)c(Br)c(C(=O)OC)c3)c(C3CC3)cc12. The molecule has 3 aromatic carbocycles. The summed E-state index contributed by atoms with van der Waals surface area (Å²) < 4.78 is 53.9. The summed E-state index contributed by atoms with van der Waals surface area (Å²) in [4.78, 5) is 25.0. The normalized spacial score (nSPS) is 13.4. The molecular formula is C29H25BrClFN2O6S. The smallest absolute Gasteiger partial charge is 0.339 e. The minimum absolute atomic E-state index is 0.101. The second kappa shape index (κ2) is 11.6. The van der Waals surface area contributed by atoms with Crippen LogP contribution in [0.4, 0.5) is 4.39 Å². The van der Waals surface area contributed by atoms with Gasteiger partial charge in [-0.1, -0.05) is 11.6 Å². The highest BCUT2D eigenvalue weighted by molar-refractivity contribution is 9.10. The van der Waals surface area contributed by atoms with E-state index in [1.54, 1.807) is 12.1 Å². The molecule has 8 nitrogen and oxygen atoms in total. The van der Waals surface area contributed by atoms with Gasteiger partial charge in [-0.3, -0.25) is 4.79 Å². The zero-order chi connectivity index (χ0) is 29.5. The topological polar surface area (TPSA) is 115 Å². The molecule has 0 spiro atoms. The van der Waals surface area contributed by atoms with Gasteiger partial charge in [0.2, 0.25) is 10.0 Å². The second-order valence-corrected chi connectivity index (χ2v) is 12.7. The van der Waals surface area contributed by atoms with Gasteiger partial charge in [-0.25, -0.2) is 22.3 Å². The number of furan rings is 1. The maximum absolute atomic E-state index is 13.6. The first-order valence-corrected chi connectivity index (χ1v) is 15.4. The van der Waals surface area contributed by atoms with Gasteiger partial charge in [-0.2, -0.15) is 0 Å². The number of methoxy groups -OCH3 is 1. The van der Waals surface area contributed by atoms with E-state index in [-0.39, 0.29) is 40.5 Å². The van der Waals surface area contributed by atoms with E-state index in [9.17, 15) is 22.4 Å². The fourth-order valence-corrected chi connectivity index (χ4v) is 6.49. The Morgan fingerprint density at radius 3 is 2.49 bits per heavy atom.